The van der Waals surface area contributed by atoms with E-state index < -0.39 is 18.1 Å². The van der Waals surface area contributed by atoms with Gasteiger partial charge in [0, 0.05) is 0 Å². The molecular weight excluding hydrogens is 188 g/mol. The molecule has 0 aromatic carbocycles. The SMILES string of the molecule is CC(O)(C1CCCCC1)C(F)(F)CN. The fourth-order valence-corrected chi connectivity index (χ4v) is 2.17. The maximum absolute atomic E-state index is 13.3. The summed E-state index contributed by atoms with van der Waals surface area (Å²) in [5.74, 6) is -3.48. The second-order valence-electron chi connectivity index (χ2n) is 4.39. The summed E-state index contributed by atoms with van der Waals surface area (Å²) in [5.41, 5.74) is 3.05. The van der Waals surface area contributed by atoms with Crippen molar-refractivity contribution in [1.29, 1.82) is 0 Å². The Hall–Kier alpha value is -0.220. The minimum Gasteiger partial charge on any atom is -0.384 e. The van der Waals surface area contributed by atoms with Crippen molar-refractivity contribution in [2.45, 2.75) is 50.6 Å². The van der Waals surface area contributed by atoms with Crippen molar-refractivity contribution in [2.75, 3.05) is 6.54 Å². The van der Waals surface area contributed by atoms with Gasteiger partial charge in [-0.05, 0) is 25.7 Å². The highest BCUT2D eigenvalue weighted by atomic mass is 19.3. The number of hydrogen-bond donors (Lipinski definition) is 2. The molecule has 4 heteroatoms. The van der Waals surface area contributed by atoms with E-state index in [0.29, 0.717) is 12.8 Å². The highest BCUT2D eigenvalue weighted by molar-refractivity contribution is 4.96. The Labute approximate surface area is 83.5 Å². The maximum Gasteiger partial charge on any atom is 0.288 e. The minimum atomic E-state index is -3.17. The molecule has 1 aliphatic rings. The van der Waals surface area contributed by atoms with Gasteiger partial charge in [-0.15, -0.1) is 0 Å². The Morgan fingerprint density at radius 3 is 2.21 bits per heavy atom. The van der Waals surface area contributed by atoms with Crippen molar-refractivity contribution in [2.24, 2.45) is 11.7 Å². The normalized spacial score (nSPS) is 24.6. The molecule has 14 heavy (non-hydrogen) atoms. The van der Waals surface area contributed by atoms with E-state index in [1.54, 1.807) is 0 Å². The molecule has 3 N–H and O–H groups in total. The lowest BCUT2D eigenvalue weighted by atomic mass is 9.74. The summed E-state index contributed by atoms with van der Waals surface area (Å²) in [4.78, 5) is 0. The fourth-order valence-electron chi connectivity index (χ4n) is 2.17. The summed E-state index contributed by atoms with van der Waals surface area (Å²) >= 11 is 0. The standard InChI is InChI=1S/C10H19F2NO/c1-9(14,10(11,12)7-13)8-5-3-2-4-6-8/h8,14H,2-7,13H2,1H3. The van der Waals surface area contributed by atoms with Crippen molar-refractivity contribution in [3.63, 3.8) is 0 Å². The van der Waals surface area contributed by atoms with Crippen LogP contribution in [0.5, 0.6) is 0 Å². The van der Waals surface area contributed by atoms with Crippen LogP contribution in [-0.2, 0) is 0 Å². The minimum absolute atomic E-state index is 0.310. The van der Waals surface area contributed by atoms with Gasteiger partial charge in [0.2, 0.25) is 0 Å². The zero-order valence-electron chi connectivity index (χ0n) is 8.60. The van der Waals surface area contributed by atoms with E-state index in [9.17, 15) is 13.9 Å². The van der Waals surface area contributed by atoms with Crippen LogP contribution in [0, 0.1) is 5.92 Å². The van der Waals surface area contributed by atoms with Gasteiger partial charge in [-0.2, -0.15) is 0 Å². The highest BCUT2D eigenvalue weighted by Crippen LogP contribution is 2.41. The molecule has 0 bridgehead atoms. The molecule has 0 spiro atoms. The summed E-state index contributed by atoms with van der Waals surface area (Å²) in [6.07, 6.45) is 4.31. The molecule has 1 unspecified atom stereocenters. The predicted molar refractivity (Wildman–Crippen MR) is 51.2 cm³/mol. The van der Waals surface area contributed by atoms with Gasteiger partial charge >= 0.3 is 0 Å². The Morgan fingerprint density at radius 2 is 1.79 bits per heavy atom. The van der Waals surface area contributed by atoms with E-state index in [4.69, 9.17) is 5.73 Å². The molecule has 1 aliphatic carbocycles. The van der Waals surface area contributed by atoms with Crippen molar-refractivity contribution >= 4 is 0 Å². The number of aliphatic hydroxyl groups is 1. The molecule has 2 nitrogen and oxygen atoms in total. The van der Waals surface area contributed by atoms with Crippen LogP contribution in [0.2, 0.25) is 0 Å². The van der Waals surface area contributed by atoms with Crippen LogP contribution >= 0.6 is 0 Å². The van der Waals surface area contributed by atoms with Gasteiger partial charge in [0.15, 0.2) is 0 Å². The molecule has 1 rings (SSSR count). The fraction of sp³-hybridized carbons (Fsp3) is 1.00. The van der Waals surface area contributed by atoms with Gasteiger partial charge in [0.05, 0.1) is 6.54 Å². The number of alkyl halides is 2. The predicted octanol–water partition coefficient (Wildman–Crippen LogP) is 1.91. The Kier molecular flexibility index (Phi) is 3.48. The second kappa shape index (κ2) is 4.11. The third-order valence-electron chi connectivity index (χ3n) is 3.40. The molecule has 0 saturated heterocycles. The van der Waals surface area contributed by atoms with Gasteiger partial charge < -0.3 is 10.8 Å². The molecule has 1 fully saturated rings. The van der Waals surface area contributed by atoms with Crippen LogP contribution in [0.15, 0.2) is 0 Å². The molecular formula is C10H19F2NO. The Bertz CT molecular complexity index is 189. The van der Waals surface area contributed by atoms with E-state index in [1.807, 2.05) is 0 Å². The molecule has 84 valence electrons. The first-order chi connectivity index (χ1) is 6.42. The highest BCUT2D eigenvalue weighted by Gasteiger charge is 2.52. The summed E-state index contributed by atoms with van der Waals surface area (Å²) in [6, 6.07) is 0. The Balaban J connectivity index is 2.71. The van der Waals surface area contributed by atoms with Gasteiger partial charge in [0.25, 0.3) is 5.92 Å². The molecule has 0 heterocycles. The molecule has 1 saturated carbocycles. The Morgan fingerprint density at radius 1 is 1.29 bits per heavy atom. The first-order valence-electron chi connectivity index (χ1n) is 5.22. The quantitative estimate of drug-likeness (QED) is 0.742. The zero-order chi connectivity index (χ0) is 10.8. The lowest BCUT2D eigenvalue weighted by Gasteiger charge is -2.40. The lowest BCUT2D eigenvalue weighted by Crippen LogP contribution is -2.55. The number of hydrogen-bond acceptors (Lipinski definition) is 2. The van der Waals surface area contributed by atoms with Gasteiger partial charge in [-0.3, -0.25) is 0 Å². The van der Waals surface area contributed by atoms with Crippen LogP contribution in [-0.4, -0.2) is 23.2 Å². The van der Waals surface area contributed by atoms with E-state index in [0.717, 1.165) is 19.3 Å². The smallest absolute Gasteiger partial charge is 0.288 e. The third kappa shape index (κ3) is 2.06. The summed E-state index contributed by atoms with van der Waals surface area (Å²) < 4.78 is 26.7. The molecule has 0 aromatic rings. The average molecular weight is 207 g/mol. The molecule has 0 aromatic heterocycles. The van der Waals surface area contributed by atoms with Crippen LogP contribution < -0.4 is 5.73 Å². The first kappa shape index (κ1) is 11.9. The van der Waals surface area contributed by atoms with Crippen LogP contribution in [0.25, 0.3) is 0 Å². The van der Waals surface area contributed by atoms with Crippen LogP contribution in [0.1, 0.15) is 39.0 Å². The van der Waals surface area contributed by atoms with Crippen molar-refractivity contribution in [1.82, 2.24) is 0 Å². The number of rotatable bonds is 3. The second-order valence-corrected chi connectivity index (χ2v) is 4.39. The van der Waals surface area contributed by atoms with E-state index in [1.165, 1.54) is 6.92 Å². The largest absolute Gasteiger partial charge is 0.384 e. The van der Waals surface area contributed by atoms with Crippen molar-refractivity contribution in [3.8, 4) is 0 Å². The van der Waals surface area contributed by atoms with Crippen LogP contribution in [0.4, 0.5) is 8.78 Å². The lowest BCUT2D eigenvalue weighted by molar-refractivity contribution is -0.196. The molecule has 1 atom stereocenters. The molecule has 0 radical (unpaired) electrons. The zero-order valence-corrected chi connectivity index (χ0v) is 8.60. The van der Waals surface area contributed by atoms with E-state index in [2.05, 4.69) is 0 Å². The average Bonchev–Trinajstić information content (AvgIpc) is 2.19. The maximum atomic E-state index is 13.3. The summed E-state index contributed by atoms with van der Waals surface area (Å²) in [7, 11) is 0. The molecule has 0 aliphatic heterocycles. The van der Waals surface area contributed by atoms with E-state index in [-0.39, 0.29) is 5.92 Å². The molecule has 0 amide bonds. The summed E-state index contributed by atoms with van der Waals surface area (Å²) in [5, 5.41) is 9.84. The monoisotopic (exact) mass is 207 g/mol. The van der Waals surface area contributed by atoms with Crippen molar-refractivity contribution in [3.05, 3.63) is 0 Å². The van der Waals surface area contributed by atoms with E-state index >= 15 is 0 Å². The number of halogens is 2. The summed E-state index contributed by atoms with van der Waals surface area (Å²) in [6.45, 7) is 0.437. The van der Waals surface area contributed by atoms with Gasteiger partial charge in [-0.25, -0.2) is 8.78 Å². The topological polar surface area (TPSA) is 46.2 Å². The van der Waals surface area contributed by atoms with Crippen molar-refractivity contribution < 1.29 is 13.9 Å². The first-order valence-corrected chi connectivity index (χ1v) is 5.22. The third-order valence-corrected chi connectivity index (χ3v) is 3.40. The number of nitrogens with two attached hydrogens (primary N) is 1. The van der Waals surface area contributed by atoms with Crippen LogP contribution in [0.3, 0.4) is 0 Å². The van der Waals surface area contributed by atoms with Gasteiger partial charge in [0.1, 0.15) is 5.60 Å². The van der Waals surface area contributed by atoms with Gasteiger partial charge in [-0.1, -0.05) is 19.3 Å².